The van der Waals surface area contributed by atoms with Crippen LogP contribution in [0.2, 0.25) is 0 Å². The van der Waals surface area contributed by atoms with Gasteiger partial charge in [0.25, 0.3) is 0 Å². The van der Waals surface area contributed by atoms with E-state index < -0.39 is 15.2 Å². The van der Waals surface area contributed by atoms with Gasteiger partial charge in [-0.15, -0.1) is 0 Å². The van der Waals surface area contributed by atoms with Crippen molar-refractivity contribution in [1.29, 1.82) is 0 Å². The smallest absolute Gasteiger partial charge is 0.127 e. The number of hydrogen-bond acceptors (Lipinski definition) is 2. The fourth-order valence-electron chi connectivity index (χ4n) is 4.23. The van der Waals surface area contributed by atoms with E-state index in [4.69, 9.17) is 9.47 Å². The molecule has 0 spiro atoms. The predicted molar refractivity (Wildman–Crippen MR) is 149 cm³/mol. The number of ether oxygens (including phenoxy) is 2. The molecule has 0 aliphatic rings. The third-order valence-corrected chi connectivity index (χ3v) is 13.8. The Bertz CT molecular complexity index is 1210. The van der Waals surface area contributed by atoms with Crippen molar-refractivity contribution in [1.82, 2.24) is 0 Å². The van der Waals surface area contributed by atoms with Gasteiger partial charge in [0.1, 0.15) is 11.5 Å². The molecule has 4 heteroatoms. The Morgan fingerprint density at radius 2 is 1.38 bits per heavy atom. The molecule has 0 amide bonds. The van der Waals surface area contributed by atoms with Crippen molar-refractivity contribution >= 4 is 31.1 Å². The molecule has 34 heavy (non-hydrogen) atoms. The van der Waals surface area contributed by atoms with Crippen LogP contribution in [0, 0.1) is 6.07 Å². The maximum absolute atomic E-state index is 5.90. The lowest BCUT2D eigenvalue weighted by molar-refractivity contribution is 0.410. The van der Waals surface area contributed by atoms with Crippen molar-refractivity contribution in [2.75, 3.05) is 20.4 Å². The molecule has 0 fully saturated rings. The highest BCUT2D eigenvalue weighted by atomic mass is 32.1. The van der Waals surface area contributed by atoms with Crippen molar-refractivity contribution in [3.8, 4) is 22.6 Å². The van der Waals surface area contributed by atoms with E-state index in [-0.39, 0.29) is 0 Å². The Morgan fingerprint density at radius 1 is 0.706 bits per heavy atom. The van der Waals surface area contributed by atoms with Crippen LogP contribution in [0.3, 0.4) is 0 Å². The largest absolute Gasteiger partial charge is 0.496 e. The monoisotopic (exact) mass is 485 g/mol. The lowest BCUT2D eigenvalue weighted by Crippen LogP contribution is -2.17. The molecule has 1 unspecified atom stereocenters. The summed E-state index contributed by atoms with van der Waals surface area (Å²) in [5.74, 6) is 1.68. The molecule has 0 aromatic heterocycles. The van der Waals surface area contributed by atoms with Crippen LogP contribution in [0.5, 0.6) is 11.5 Å². The van der Waals surface area contributed by atoms with Crippen LogP contribution in [0.1, 0.15) is 19.4 Å². The fraction of sp³-hybridized carbons (Fsp3) is 0.200. The standard InChI is InChI=1S/C30H31O2P2/c1-5-23-19-21-25(22-20-23)34(24-13-8-7-9-14-24)33(6-2)29-18-12-17-28(32-4)30(29)26-15-10-11-16-27(26)31-3/h7-14,16-22H,5-6H2,1-4H3/t33?,34-/m1/s1. The van der Waals surface area contributed by atoms with E-state index in [0.29, 0.717) is 0 Å². The molecule has 173 valence electrons. The van der Waals surface area contributed by atoms with Crippen LogP contribution < -0.4 is 25.4 Å². The lowest BCUT2D eigenvalue weighted by Gasteiger charge is -2.31. The summed E-state index contributed by atoms with van der Waals surface area (Å²) in [5.41, 5.74) is 3.44. The van der Waals surface area contributed by atoms with E-state index in [1.807, 2.05) is 24.3 Å². The van der Waals surface area contributed by atoms with Gasteiger partial charge in [-0.1, -0.05) is 92.7 Å². The Hall–Kier alpha value is -2.66. The Kier molecular flexibility index (Phi) is 8.39. The normalized spacial score (nSPS) is 12.7. The summed E-state index contributed by atoms with van der Waals surface area (Å²) >= 11 is 0. The van der Waals surface area contributed by atoms with Crippen LogP contribution in [0.25, 0.3) is 11.1 Å². The van der Waals surface area contributed by atoms with E-state index in [2.05, 4.69) is 86.6 Å². The molecule has 0 saturated heterocycles. The zero-order valence-electron chi connectivity index (χ0n) is 20.3. The minimum absolute atomic E-state index is 0.558. The van der Waals surface area contributed by atoms with Gasteiger partial charge in [-0.05, 0) is 67.5 Å². The van der Waals surface area contributed by atoms with Crippen molar-refractivity contribution in [3.63, 3.8) is 0 Å². The highest BCUT2D eigenvalue weighted by molar-refractivity contribution is 8.38. The van der Waals surface area contributed by atoms with Crippen molar-refractivity contribution in [2.45, 2.75) is 20.3 Å². The molecule has 0 bridgehead atoms. The first-order valence-electron chi connectivity index (χ1n) is 11.6. The van der Waals surface area contributed by atoms with Gasteiger partial charge in [-0.3, -0.25) is 0 Å². The van der Waals surface area contributed by atoms with E-state index >= 15 is 0 Å². The van der Waals surface area contributed by atoms with E-state index in [0.717, 1.165) is 35.2 Å². The summed E-state index contributed by atoms with van der Waals surface area (Å²) in [6, 6.07) is 36.1. The molecule has 4 aromatic rings. The lowest BCUT2D eigenvalue weighted by atomic mass is 10.0. The van der Waals surface area contributed by atoms with Gasteiger partial charge >= 0.3 is 0 Å². The second-order valence-electron chi connectivity index (χ2n) is 7.85. The van der Waals surface area contributed by atoms with E-state index in [1.54, 1.807) is 14.2 Å². The predicted octanol–water partition coefficient (Wildman–Crippen LogP) is 6.91. The fourth-order valence-corrected chi connectivity index (χ4v) is 12.0. The topological polar surface area (TPSA) is 18.5 Å². The third kappa shape index (κ3) is 5.05. The maximum Gasteiger partial charge on any atom is 0.127 e. The molecule has 2 atom stereocenters. The van der Waals surface area contributed by atoms with E-state index in [9.17, 15) is 0 Å². The van der Waals surface area contributed by atoms with Gasteiger partial charge in [-0.2, -0.15) is 0 Å². The van der Waals surface area contributed by atoms with Gasteiger partial charge in [-0.25, -0.2) is 0 Å². The van der Waals surface area contributed by atoms with Crippen molar-refractivity contribution in [3.05, 3.63) is 103 Å². The van der Waals surface area contributed by atoms with Crippen LogP contribution in [-0.4, -0.2) is 20.4 Å². The zero-order chi connectivity index (χ0) is 23.9. The Morgan fingerprint density at radius 3 is 2.03 bits per heavy atom. The van der Waals surface area contributed by atoms with Gasteiger partial charge in [0.15, 0.2) is 0 Å². The molecular weight excluding hydrogens is 454 g/mol. The Balaban J connectivity index is 1.94. The van der Waals surface area contributed by atoms with Crippen LogP contribution >= 0.6 is 15.2 Å². The summed E-state index contributed by atoms with van der Waals surface area (Å²) < 4.78 is 11.6. The molecule has 4 rings (SSSR count). The van der Waals surface area contributed by atoms with Gasteiger partial charge in [0.2, 0.25) is 0 Å². The van der Waals surface area contributed by atoms with Crippen LogP contribution in [0.15, 0.2) is 91.0 Å². The molecule has 0 aliphatic carbocycles. The molecule has 0 heterocycles. The molecule has 1 radical (unpaired) electrons. The zero-order valence-corrected chi connectivity index (χ0v) is 22.1. The minimum Gasteiger partial charge on any atom is -0.496 e. The van der Waals surface area contributed by atoms with Crippen molar-refractivity contribution in [2.24, 2.45) is 0 Å². The summed E-state index contributed by atoms with van der Waals surface area (Å²) in [6.07, 6.45) is 2.12. The molecule has 4 aromatic carbocycles. The average Bonchev–Trinajstić information content (AvgIpc) is 2.91. The van der Waals surface area contributed by atoms with Gasteiger partial charge in [0, 0.05) is 11.1 Å². The molecule has 0 aliphatic heterocycles. The molecule has 0 N–H and O–H groups in total. The molecular formula is C30H31O2P2. The Labute approximate surface area is 206 Å². The number of rotatable bonds is 9. The highest BCUT2D eigenvalue weighted by Crippen LogP contribution is 2.67. The molecule has 0 saturated carbocycles. The number of aryl methyl sites for hydroxylation is 1. The third-order valence-electron chi connectivity index (χ3n) is 5.92. The first kappa shape index (κ1) is 24.5. The SMILES string of the molecule is CCc1ccc([P@@](c2ccccc2)P(CC)c2cccc(OC)c2-c2[c]cccc2OC)cc1. The summed E-state index contributed by atoms with van der Waals surface area (Å²) in [7, 11) is 2.32. The maximum atomic E-state index is 5.90. The highest BCUT2D eigenvalue weighted by Gasteiger charge is 2.29. The first-order valence-corrected chi connectivity index (χ1v) is 15.2. The first-order chi connectivity index (χ1) is 16.7. The van der Waals surface area contributed by atoms with Crippen molar-refractivity contribution < 1.29 is 9.47 Å². The minimum atomic E-state index is -0.591. The van der Waals surface area contributed by atoms with Gasteiger partial charge < -0.3 is 9.47 Å². The second kappa shape index (κ2) is 11.7. The molecule has 2 nitrogen and oxygen atoms in total. The van der Waals surface area contributed by atoms with Crippen LogP contribution in [-0.2, 0) is 6.42 Å². The average molecular weight is 486 g/mol. The second-order valence-corrected chi connectivity index (χ2v) is 14.1. The number of methoxy groups -OCH3 is 2. The van der Waals surface area contributed by atoms with Crippen LogP contribution in [0.4, 0.5) is 0 Å². The summed E-state index contributed by atoms with van der Waals surface area (Å²) in [4.78, 5) is 0. The number of hydrogen-bond donors (Lipinski definition) is 0. The van der Waals surface area contributed by atoms with E-state index in [1.165, 1.54) is 21.5 Å². The summed E-state index contributed by atoms with van der Waals surface area (Å²) in [6.45, 7) is 4.53. The quantitative estimate of drug-likeness (QED) is 0.240. The number of benzene rings is 4. The summed E-state index contributed by atoms with van der Waals surface area (Å²) in [5, 5.41) is 4.17. The van der Waals surface area contributed by atoms with Gasteiger partial charge in [0.05, 0.1) is 14.2 Å².